The van der Waals surface area contributed by atoms with Crippen molar-refractivity contribution < 1.29 is 5.11 Å². The van der Waals surface area contributed by atoms with Crippen molar-refractivity contribution in [1.29, 1.82) is 0 Å². The Bertz CT molecular complexity index is 182. The minimum absolute atomic E-state index is 0.302. The molecule has 1 aliphatic rings. The second-order valence-corrected chi connectivity index (χ2v) is 5.91. The SMILES string of the molecule is CC1CCCC(CNC(CCO)C(C)C)C1. The number of aliphatic hydroxyl groups excluding tert-OH is 1. The van der Waals surface area contributed by atoms with E-state index in [4.69, 9.17) is 5.11 Å². The third-order valence-electron chi connectivity index (χ3n) is 3.96. The summed E-state index contributed by atoms with van der Waals surface area (Å²) in [5, 5.41) is 12.7. The average molecular weight is 227 g/mol. The van der Waals surface area contributed by atoms with E-state index in [0.29, 0.717) is 18.6 Å². The van der Waals surface area contributed by atoms with Crippen LogP contribution in [-0.4, -0.2) is 24.3 Å². The van der Waals surface area contributed by atoms with Gasteiger partial charge in [0.1, 0.15) is 0 Å². The molecule has 3 atom stereocenters. The molecule has 1 rings (SSSR count). The number of rotatable bonds is 6. The predicted octanol–water partition coefficient (Wildman–Crippen LogP) is 2.81. The van der Waals surface area contributed by atoms with Crippen LogP contribution in [0.5, 0.6) is 0 Å². The van der Waals surface area contributed by atoms with E-state index in [9.17, 15) is 0 Å². The van der Waals surface area contributed by atoms with E-state index >= 15 is 0 Å². The summed E-state index contributed by atoms with van der Waals surface area (Å²) in [7, 11) is 0. The largest absolute Gasteiger partial charge is 0.396 e. The summed E-state index contributed by atoms with van der Waals surface area (Å²) < 4.78 is 0. The van der Waals surface area contributed by atoms with Crippen LogP contribution in [0.1, 0.15) is 52.9 Å². The molecule has 0 radical (unpaired) electrons. The van der Waals surface area contributed by atoms with E-state index < -0.39 is 0 Å². The molecular formula is C14H29NO. The Morgan fingerprint density at radius 3 is 2.62 bits per heavy atom. The van der Waals surface area contributed by atoms with Crippen molar-refractivity contribution in [2.45, 2.75) is 58.9 Å². The fourth-order valence-corrected chi connectivity index (χ4v) is 2.87. The van der Waals surface area contributed by atoms with Gasteiger partial charge in [0.15, 0.2) is 0 Å². The maximum absolute atomic E-state index is 9.02. The van der Waals surface area contributed by atoms with Crippen LogP contribution in [0.4, 0.5) is 0 Å². The Hall–Kier alpha value is -0.0800. The Labute approximate surface area is 101 Å². The monoisotopic (exact) mass is 227 g/mol. The predicted molar refractivity (Wildman–Crippen MR) is 69.5 cm³/mol. The van der Waals surface area contributed by atoms with Gasteiger partial charge in [0, 0.05) is 12.6 Å². The molecule has 0 saturated heterocycles. The quantitative estimate of drug-likeness (QED) is 0.731. The third-order valence-corrected chi connectivity index (χ3v) is 3.96. The van der Waals surface area contributed by atoms with Gasteiger partial charge in [0.2, 0.25) is 0 Å². The first-order valence-electron chi connectivity index (χ1n) is 6.97. The molecule has 1 aliphatic carbocycles. The highest BCUT2D eigenvalue weighted by atomic mass is 16.3. The molecule has 0 amide bonds. The van der Waals surface area contributed by atoms with Crippen LogP contribution in [0, 0.1) is 17.8 Å². The molecule has 2 nitrogen and oxygen atoms in total. The van der Waals surface area contributed by atoms with Gasteiger partial charge in [-0.3, -0.25) is 0 Å². The van der Waals surface area contributed by atoms with Gasteiger partial charge < -0.3 is 10.4 Å². The van der Waals surface area contributed by atoms with Crippen molar-refractivity contribution >= 4 is 0 Å². The van der Waals surface area contributed by atoms with E-state index in [1.54, 1.807) is 0 Å². The molecule has 1 saturated carbocycles. The van der Waals surface area contributed by atoms with Gasteiger partial charge in [-0.15, -0.1) is 0 Å². The summed E-state index contributed by atoms with van der Waals surface area (Å²) in [6.45, 7) is 8.29. The lowest BCUT2D eigenvalue weighted by Gasteiger charge is -2.30. The maximum atomic E-state index is 9.02. The third kappa shape index (κ3) is 4.84. The molecule has 0 bridgehead atoms. The molecule has 0 aromatic heterocycles. The van der Waals surface area contributed by atoms with Crippen LogP contribution in [-0.2, 0) is 0 Å². The number of hydrogen-bond acceptors (Lipinski definition) is 2. The zero-order chi connectivity index (χ0) is 12.0. The van der Waals surface area contributed by atoms with Gasteiger partial charge in [-0.05, 0) is 43.6 Å². The van der Waals surface area contributed by atoms with Gasteiger partial charge >= 0.3 is 0 Å². The standard InChI is InChI=1S/C14H29NO/c1-11(2)14(7-8-16)15-10-13-6-4-5-12(3)9-13/h11-16H,4-10H2,1-3H3. The minimum Gasteiger partial charge on any atom is -0.396 e. The van der Waals surface area contributed by atoms with Crippen LogP contribution >= 0.6 is 0 Å². The van der Waals surface area contributed by atoms with E-state index in [2.05, 4.69) is 26.1 Å². The van der Waals surface area contributed by atoms with E-state index in [1.807, 2.05) is 0 Å². The van der Waals surface area contributed by atoms with Gasteiger partial charge in [0.25, 0.3) is 0 Å². The zero-order valence-electron chi connectivity index (χ0n) is 11.2. The van der Waals surface area contributed by atoms with Gasteiger partial charge in [-0.1, -0.05) is 33.6 Å². The number of nitrogens with one attached hydrogen (secondary N) is 1. The highest BCUT2D eigenvalue weighted by Gasteiger charge is 2.20. The summed E-state index contributed by atoms with van der Waals surface area (Å²) in [4.78, 5) is 0. The normalized spacial score (nSPS) is 28.3. The molecule has 0 aromatic rings. The molecule has 0 heterocycles. The van der Waals surface area contributed by atoms with E-state index in [0.717, 1.165) is 24.8 Å². The van der Waals surface area contributed by atoms with Crippen molar-refractivity contribution in [3.8, 4) is 0 Å². The van der Waals surface area contributed by atoms with E-state index in [1.165, 1.54) is 25.7 Å². The van der Waals surface area contributed by atoms with Crippen LogP contribution in [0.3, 0.4) is 0 Å². The van der Waals surface area contributed by atoms with Crippen LogP contribution in [0.2, 0.25) is 0 Å². The lowest BCUT2D eigenvalue weighted by atomic mass is 9.82. The zero-order valence-corrected chi connectivity index (χ0v) is 11.2. The number of hydrogen-bond donors (Lipinski definition) is 2. The topological polar surface area (TPSA) is 32.3 Å². The highest BCUT2D eigenvalue weighted by molar-refractivity contribution is 4.76. The molecule has 0 aliphatic heterocycles. The van der Waals surface area contributed by atoms with Crippen LogP contribution in [0.25, 0.3) is 0 Å². The molecule has 3 unspecified atom stereocenters. The first-order chi connectivity index (χ1) is 7.63. The Balaban J connectivity index is 2.25. The van der Waals surface area contributed by atoms with Gasteiger partial charge in [-0.2, -0.15) is 0 Å². The highest BCUT2D eigenvalue weighted by Crippen LogP contribution is 2.28. The summed E-state index contributed by atoms with van der Waals surface area (Å²) >= 11 is 0. The first kappa shape index (κ1) is 14.0. The molecule has 2 heteroatoms. The van der Waals surface area contributed by atoms with Gasteiger partial charge in [0.05, 0.1) is 0 Å². The smallest absolute Gasteiger partial charge is 0.0445 e. The lowest BCUT2D eigenvalue weighted by Crippen LogP contribution is -2.38. The second-order valence-electron chi connectivity index (χ2n) is 5.91. The van der Waals surface area contributed by atoms with Crippen molar-refractivity contribution in [3.05, 3.63) is 0 Å². The fraction of sp³-hybridized carbons (Fsp3) is 1.00. The average Bonchev–Trinajstić information content (AvgIpc) is 2.24. The molecule has 0 spiro atoms. The van der Waals surface area contributed by atoms with E-state index in [-0.39, 0.29) is 0 Å². The summed E-state index contributed by atoms with van der Waals surface area (Å²) in [6.07, 6.45) is 6.48. The molecule has 16 heavy (non-hydrogen) atoms. The van der Waals surface area contributed by atoms with Crippen LogP contribution in [0.15, 0.2) is 0 Å². The molecule has 96 valence electrons. The van der Waals surface area contributed by atoms with Gasteiger partial charge in [-0.25, -0.2) is 0 Å². The van der Waals surface area contributed by atoms with Crippen molar-refractivity contribution in [2.24, 2.45) is 17.8 Å². The van der Waals surface area contributed by atoms with Crippen molar-refractivity contribution in [3.63, 3.8) is 0 Å². The number of aliphatic hydroxyl groups is 1. The summed E-state index contributed by atoms with van der Waals surface area (Å²) in [5.41, 5.74) is 0. The Morgan fingerprint density at radius 2 is 2.06 bits per heavy atom. The Morgan fingerprint density at radius 1 is 1.31 bits per heavy atom. The second kappa shape index (κ2) is 7.29. The fourth-order valence-electron chi connectivity index (χ4n) is 2.87. The molecule has 2 N–H and O–H groups in total. The van der Waals surface area contributed by atoms with Crippen molar-refractivity contribution in [1.82, 2.24) is 5.32 Å². The maximum Gasteiger partial charge on any atom is 0.0445 e. The Kier molecular flexibility index (Phi) is 6.37. The minimum atomic E-state index is 0.302. The molecular weight excluding hydrogens is 198 g/mol. The lowest BCUT2D eigenvalue weighted by molar-refractivity contribution is 0.222. The summed E-state index contributed by atoms with van der Waals surface area (Å²) in [5.74, 6) is 2.40. The van der Waals surface area contributed by atoms with Crippen LogP contribution < -0.4 is 5.32 Å². The molecule has 0 aromatic carbocycles. The summed E-state index contributed by atoms with van der Waals surface area (Å²) in [6, 6.07) is 0.488. The molecule has 1 fully saturated rings. The van der Waals surface area contributed by atoms with Crippen molar-refractivity contribution in [2.75, 3.05) is 13.2 Å². The first-order valence-corrected chi connectivity index (χ1v) is 6.97.